The molecule has 0 heterocycles. The molecule has 0 fully saturated rings. The predicted molar refractivity (Wildman–Crippen MR) is 99.9 cm³/mol. The summed E-state index contributed by atoms with van der Waals surface area (Å²) in [5, 5.41) is 5.50. The van der Waals surface area contributed by atoms with Gasteiger partial charge in [0.25, 0.3) is 0 Å². The largest absolute Gasteiger partial charge is 0.359 e. The maximum atomic E-state index is 12.0. The van der Waals surface area contributed by atoms with Crippen LogP contribution in [-0.2, 0) is 18.4 Å². The molecule has 4 N–H and O–H groups in total. The summed E-state index contributed by atoms with van der Waals surface area (Å²) in [5.74, 6) is 0.477. The summed E-state index contributed by atoms with van der Waals surface area (Å²) in [6.45, 7) is 6.46. The van der Waals surface area contributed by atoms with Crippen molar-refractivity contribution < 1.29 is 28.2 Å². The number of carbonyl (C=O) groups is 1. The third kappa shape index (κ3) is 9.32. The molecule has 5 atom stereocenters. The van der Waals surface area contributed by atoms with Crippen LogP contribution in [-0.4, -0.2) is 41.4 Å². The average molecular weight is 400 g/mol. The van der Waals surface area contributed by atoms with E-state index < -0.39 is 27.1 Å². The van der Waals surface area contributed by atoms with E-state index in [-0.39, 0.29) is 6.42 Å². The molecule has 0 aliphatic rings. The van der Waals surface area contributed by atoms with Gasteiger partial charge in [-0.1, -0.05) is 27.2 Å². The fourth-order valence-corrected chi connectivity index (χ4v) is 5.12. The summed E-state index contributed by atoms with van der Waals surface area (Å²) in [6, 6.07) is 0.376. The van der Waals surface area contributed by atoms with Crippen molar-refractivity contribution in [2.45, 2.75) is 64.4 Å². The first-order valence-electron chi connectivity index (χ1n) is 8.66. The van der Waals surface area contributed by atoms with E-state index >= 15 is 0 Å². The van der Waals surface area contributed by atoms with Crippen molar-refractivity contribution in [3.8, 4) is 0 Å². The van der Waals surface area contributed by atoms with E-state index in [1.54, 1.807) is 0 Å². The van der Waals surface area contributed by atoms with Crippen LogP contribution in [0.5, 0.6) is 0 Å². The van der Waals surface area contributed by atoms with Gasteiger partial charge in [0.15, 0.2) is 0 Å². The van der Waals surface area contributed by atoms with Crippen LogP contribution in [0, 0.1) is 11.8 Å². The zero-order valence-electron chi connectivity index (χ0n) is 15.8. The highest BCUT2D eigenvalue weighted by Gasteiger charge is 2.37. The lowest BCUT2D eigenvalue weighted by molar-refractivity contribution is -0.121. The van der Waals surface area contributed by atoms with Gasteiger partial charge < -0.3 is 24.9 Å². The SMILES string of the molecule is CCC(CCCC(=O)NC([PH](=O)O)P(=O)(O)OC)C(CC(C)C)NC. The summed E-state index contributed by atoms with van der Waals surface area (Å²) >= 11 is 0. The summed E-state index contributed by atoms with van der Waals surface area (Å²) in [5.41, 5.74) is -1.76. The van der Waals surface area contributed by atoms with Gasteiger partial charge in [-0.2, -0.15) is 0 Å². The Bertz CT molecular complexity index is 475. The van der Waals surface area contributed by atoms with Crippen molar-refractivity contribution in [2.75, 3.05) is 14.2 Å². The molecule has 5 unspecified atom stereocenters. The molecule has 0 aliphatic carbocycles. The highest BCUT2D eigenvalue weighted by atomic mass is 31.2. The Kier molecular flexibility index (Phi) is 12.1. The molecule has 0 saturated carbocycles. The standard InChI is InChI=1S/C15H34N2O6P2/c1-6-12(13(16-4)10-11(2)3)8-7-9-14(18)17-15(24(19)20)25(21,22)23-5/h11-13,15-16,24H,6-10H2,1-5H3,(H,17,18)(H,19,20)(H,21,22). The van der Waals surface area contributed by atoms with Crippen molar-refractivity contribution in [3.63, 3.8) is 0 Å². The molecule has 8 nitrogen and oxygen atoms in total. The molecule has 0 spiro atoms. The van der Waals surface area contributed by atoms with Crippen molar-refractivity contribution in [2.24, 2.45) is 11.8 Å². The molecule has 0 radical (unpaired) electrons. The molecule has 25 heavy (non-hydrogen) atoms. The highest BCUT2D eigenvalue weighted by Crippen LogP contribution is 2.53. The molecule has 0 bridgehead atoms. The average Bonchev–Trinajstić information content (AvgIpc) is 2.54. The molecule has 150 valence electrons. The first-order valence-corrected chi connectivity index (χ1v) is 11.7. The normalized spacial score (nSPS) is 19.0. The lowest BCUT2D eigenvalue weighted by Gasteiger charge is -2.27. The first-order chi connectivity index (χ1) is 11.6. The van der Waals surface area contributed by atoms with Gasteiger partial charge >= 0.3 is 7.60 Å². The van der Waals surface area contributed by atoms with E-state index in [0.29, 0.717) is 24.3 Å². The van der Waals surface area contributed by atoms with Gasteiger partial charge in [-0.25, -0.2) is 0 Å². The third-order valence-electron chi connectivity index (χ3n) is 4.29. The van der Waals surface area contributed by atoms with Crippen LogP contribution in [0.4, 0.5) is 0 Å². The quantitative estimate of drug-likeness (QED) is 0.350. The molecule has 0 rings (SSSR count). The predicted octanol–water partition coefficient (Wildman–Crippen LogP) is 2.52. The maximum Gasteiger partial charge on any atom is 0.359 e. The molecular formula is C15H34N2O6P2. The van der Waals surface area contributed by atoms with Crippen molar-refractivity contribution >= 4 is 21.5 Å². The molecule has 0 aromatic carbocycles. The zero-order valence-corrected chi connectivity index (χ0v) is 17.7. The van der Waals surface area contributed by atoms with E-state index in [9.17, 15) is 23.7 Å². The first kappa shape index (κ1) is 24.8. The van der Waals surface area contributed by atoms with Gasteiger partial charge in [-0.3, -0.25) is 13.9 Å². The molecule has 0 aromatic heterocycles. The van der Waals surface area contributed by atoms with Crippen molar-refractivity contribution in [3.05, 3.63) is 0 Å². The van der Waals surface area contributed by atoms with Crippen LogP contribution in [0.25, 0.3) is 0 Å². The van der Waals surface area contributed by atoms with Crippen LogP contribution in [0.1, 0.15) is 52.9 Å². The summed E-state index contributed by atoms with van der Waals surface area (Å²) in [4.78, 5) is 30.7. The fraction of sp³-hybridized carbons (Fsp3) is 0.933. The van der Waals surface area contributed by atoms with Crippen molar-refractivity contribution in [1.82, 2.24) is 10.6 Å². The van der Waals surface area contributed by atoms with Crippen LogP contribution in [0.3, 0.4) is 0 Å². The van der Waals surface area contributed by atoms with Gasteiger partial charge in [-0.05, 0) is 38.1 Å². The topological polar surface area (TPSA) is 125 Å². The third-order valence-corrected chi connectivity index (χ3v) is 7.85. The fourth-order valence-electron chi connectivity index (χ4n) is 2.88. The number of nitrogens with one attached hydrogen (secondary N) is 2. The maximum absolute atomic E-state index is 12.0. The van der Waals surface area contributed by atoms with E-state index in [4.69, 9.17) is 0 Å². The van der Waals surface area contributed by atoms with Crippen molar-refractivity contribution in [1.29, 1.82) is 0 Å². The second kappa shape index (κ2) is 12.2. The zero-order chi connectivity index (χ0) is 19.6. The van der Waals surface area contributed by atoms with Crippen LogP contribution in [0.2, 0.25) is 0 Å². The highest BCUT2D eigenvalue weighted by molar-refractivity contribution is 7.66. The number of amides is 1. The molecule has 0 aliphatic heterocycles. The Morgan fingerprint density at radius 2 is 1.96 bits per heavy atom. The number of carbonyl (C=O) groups excluding carboxylic acids is 1. The Morgan fingerprint density at radius 3 is 2.36 bits per heavy atom. The van der Waals surface area contributed by atoms with E-state index in [1.165, 1.54) is 0 Å². The molecule has 0 aromatic rings. The Balaban J connectivity index is 4.57. The van der Waals surface area contributed by atoms with E-state index in [2.05, 4.69) is 35.9 Å². The second-order valence-corrected chi connectivity index (χ2v) is 10.4. The van der Waals surface area contributed by atoms with Gasteiger partial charge in [0.2, 0.25) is 19.5 Å². The molecule has 1 amide bonds. The summed E-state index contributed by atoms with van der Waals surface area (Å²) < 4.78 is 27.3. The number of hydrogen-bond donors (Lipinski definition) is 4. The Labute approximate surface area is 151 Å². The van der Waals surface area contributed by atoms with Crippen LogP contribution >= 0.6 is 15.6 Å². The van der Waals surface area contributed by atoms with Gasteiger partial charge in [-0.15, -0.1) is 0 Å². The summed E-state index contributed by atoms with van der Waals surface area (Å²) in [6.07, 6.45) is 3.61. The summed E-state index contributed by atoms with van der Waals surface area (Å²) in [7, 11) is -4.89. The molecule has 0 saturated heterocycles. The van der Waals surface area contributed by atoms with Crippen LogP contribution < -0.4 is 10.6 Å². The Morgan fingerprint density at radius 1 is 1.36 bits per heavy atom. The smallest absolute Gasteiger partial charge is 0.344 e. The Hall–Kier alpha value is -0.230. The second-order valence-electron chi connectivity index (χ2n) is 6.64. The lowest BCUT2D eigenvalue weighted by atomic mass is 9.86. The van der Waals surface area contributed by atoms with E-state index in [1.807, 2.05) is 7.05 Å². The molecular weight excluding hydrogens is 366 g/mol. The number of hydrogen-bond acceptors (Lipinski definition) is 5. The minimum atomic E-state index is -4.35. The monoisotopic (exact) mass is 400 g/mol. The lowest BCUT2D eigenvalue weighted by Crippen LogP contribution is -2.35. The van der Waals surface area contributed by atoms with Crippen LogP contribution in [0.15, 0.2) is 0 Å². The van der Waals surface area contributed by atoms with Gasteiger partial charge in [0, 0.05) is 19.6 Å². The van der Waals surface area contributed by atoms with E-state index in [0.717, 1.165) is 26.4 Å². The minimum absolute atomic E-state index is 0.129. The number of rotatable bonds is 13. The molecule has 10 heteroatoms. The van der Waals surface area contributed by atoms with Gasteiger partial charge in [0.1, 0.15) is 0 Å². The minimum Gasteiger partial charge on any atom is -0.344 e. The van der Waals surface area contributed by atoms with Gasteiger partial charge in [0.05, 0.1) is 0 Å².